The molecule has 0 radical (unpaired) electrons. The number of halogens is 8. The number of aliphatic hydroxyl groups is 1. The smallest absolute Gasteiger partial charge is 0.458 e. The van der Waals surface area contributed by atoms with Gasteiger partial charge in [-0.2, -0.15) is 35.1 Å². The average Bonchev–Trinajstić information content (AvgIpc) is 2.80. The minimum Gasteiger partial charge on any atom is -0.489 e. The summed E-state index contributed by atoms with van der Waals surface area (Å²) in [6, 6.07) is 17.3. The van der Waals surface area contributed by atoms with Gasteiger partial charge in [0.1, 0.15) is 12.4 Å². The van der Waals surface area contributed by atoms with Crippen molar-refractivity contribution in [2.24, 2.45) is 0 Å². The number of ether oxygens (including phenoxy) is 1. The van der Waals surface area contributed by atoms with Crippen LogP contribution in [0.4, 0.5) is 46.5 Å². The molecule has 0 fully saturated rings. The molecule has 0 saturated heterocycles. The van der Waals surface area contributed by atoms with Crippen molar-refractivity contribution in [3.63, 3.8) is 0 Å². The van der Waals surface area contributed by atoms with Crippen molar-refractivity contribution in [3.05, 3.63) is 90.0 Å². The Hall–Kier alpha value is -3.34. The maximum atomic E-state index is 13.9. The predicted molar refractivity (Wildman–Crippen MR) is 113 cm³/mol. The molecule has 0 saturated carbocycles. The predicted octanol–water partition coefficient (Wildman–Crippen LogP) is 6.98. The summed E-state index contributed by atoms with van der Waals surface area (Å²) in [5.41, 5.74) is -1.09. The maximum Gasteiger partial charge on any atom is 0.458 e. The van der Waals surface area contributed by atoms with Crippen molar-refractivity contribution in [3.8, 4) is 5.75 Å². The van der Waals surface area contributed by atoms with Crippen LogP contribution in [0.3, 0.4) is 0 Å². The summed E-state index contributed by atoms with van der Waals surface area (Å²) < 4.78 is 111. The van der Waals surface area contributed by atoms with E-state index < -0.39 is 42.2 Å². The minimum absolute atomic E-state index is 0.0219. The van der Waals surface area contributed by atoms with E-state index in [4.69, 9.17) is 4.74 Å². The van der Waals surface area contributed by atoms with Crippen LogP contribution in [-0.2, 0) is 12.5 Å². The summed E-state index contributed by atoms with van der Waals surface area (Å²) >= 11 is 0. The highest BCUT2D eigenvalue weighted by molar-refractivity contribution is 5.65. The largest absolute Gasteiger partial charge is 0.489 e. The Balaban J connectivity index is 1.98. The molecular weight excluding hydrogens is 486 g/mol. The van der Waals surface area contributed by atoms with E-state index in [1.165, 1.54) is 24.3 Å². The highest BCUT2D eigenvalue weighted by Gasteiger charge is 2.58. The molecule has 3 aromatic carbocycles. The molecule has 3 rings (SSSR count). The van der Waals surface area contributed by atoms with E-state index in [1.54, 1.807) is 30.3 Å². The molecule has 1 N–H and O–H groups in total. The first kappa shape index (κ1) is 26.3. The first-order valence-electron chi connectivity index (χ1n) is 10.1. The molecule has 0 spiro atoms. The van der Waals surface area contributed by atoms with Crippen LogP contribution in [0.25, 0.3) is 0 Å². The average molecular weight is 505 g/mol. The quantitative estimate of drug-likeness (QED) is 0.336. The monoisotopic (exact) mass is 505 g/mol. The van der Waals surface area contributed by atoms with Gasteiger partial charge in [0, 0.05) is 23.0 Å². The van der Waals surface area contributed by atoms with Gasteiger partial charge < -0.3 is 14.7 Å². The van der Waals surface area contributed by atoms with Crippen LogP contribution in [-0.4, -0.2) is 30.1 Å². The molecule has 0 aliphatic heterocycles. The Morgan fingerprint density at radius 1 is 0.743 bits per heavy atom. The highest BCUT2D eigenvalue weighted by atomic mass is 19.4. The van der Waals surface area contributed by atoms with Gasteiger partial charge in [-0.25, -0.2) is 0 Å². The fourth-order valence-electron chi connectivity index (χ4n) is 3.15. The van der Waals surface area contributed by atoms with Crippen molar-refractivity contribution >= 4 is 11.4 Å². The minimum atomic E-state index is -5.91. The third-order valence-corrected chi connectivity index (χ3v) is 4.99. The Bertz CT molecular complexity index is 1120. The zero-order chi connectivity index (χ0) is 25.9. The number of alkyl halides is 8. The molecule has 3 nitrogen and oxygen atoms in total. The zero-order valence-corrected chi connectivity index (χ0v) is 17.8. The molecular formula is C24H19F8NO2. The Morgan fingerprint density at radius 2 is 1.34 bits per heavy atom. The Labute approximate surface area is 195 Å². The molecule has 0 aromatic heterocycles. The van der Waals surface area contributed by atoms with Gasteiger partial charge >= 0.3 is 18.3 Å². The molecule has 3 aromatic rings. The number of benzene rings is 3. The fourth-order valence-corrected chi connectivity index (χ4v) is 3.15. The first-order chi connectivity index (χ1) is 16.3. The van der Waals surface area contributed by atoms with Crippen LogP contribution in [0.15, 0.2) is 78.9 Å². The van der Waals surface area contributed by atoms with Crippen molar-refractivity contribution < 1.29 is 45.0 Å². The summed E-state index contributed by atoms with van der Waals surface area (Å²) in [6.07, 6.45) is -13.9. The second-order valence-corrected chi connectivity index (χ2v) is 7.56. The van der Waals surface area contributed by atoms with Crippen LogP contribution in [0.1, 0.15) is 11.1 Å². The van der Waals surface area contributed by atoms with E-state index in [2.05, 4.69) is 0 Å². The summed E-state index contributed by atoms with van der Waals surface area (Å²) in [5, 5.41) is 9.63. The molecule has 35 heavy (non-hydrogen) atoms. The molecule has 0 aliphatic carbocycles. The molecule has 0 bridgehead atoms. The number of aliphatic hydroxyl groups excluding tert-OH is 1. The summed E-state index contributed by atoms with van der Waals surface area (Å²) in [5.74, 6) is -5.03. The van der Waals surface area contributed by atoms with E-state index >= 15 is 0 Å². The lowest BCUT2D eigenvalue weighted by molar-refractivity contribution is -0.289. The van der Waals surface area contributed by atoms with E-state index in [0.29, 0.717) is 12.1 Å². The number of hydrogen-bond donors (Lipinski definition) is 1. The van der Waals surface area contributed by atoms with E-state index in [0.717, 1.165) is 22.6 Å². The fraction of sp³-hybridized carbons (Fsp3) is 0.250. The normalized spacial score (nSPS) is 13.4. The van der Waals surface area contributed by atoms with Gasteiger partial charge in [0.25, 0.3) is 0 Å². The molecule has 0 amide bonds. The van der Waals surface area contributed by atoms with Crippen molar-refractivity contribution in [2.75, 3.05) is 11.4 Å². The Kier molecular flexibility index (Phi) is 7.59. The van der Waals surface area contributed by atoms with E-state index in [1.807, 2.05) is 0 Å². The van der Waals surface area contributed by atoms with Gasteiger partial charge in [-0.3, -0.25) is 0 Å². The van der Waals surface area contributed by atoms with Gasteiger partial charge in [-0.05, 0) is 29.8 Å². The molecule has 1 unspecified atom stereocenters. The number of rotatable bonds is 8. The molecule has 188 valence electrons. The molecule has 0 aliphatic rings. The second-order valence-electron chi connectivity index (χ2n) is 7.56. The van der Waals surface area contributed by atoms with Gasteiger partial charge in [0.05, 0.1) is 6.54 Å². The van der Waals surface area contributed by atoms with Crippen LogP contribution in [0, 0.1) is 0 Å². The third-order valence-electron chi connectivity index (χ3n) is 4.99. The van der Waals surface area contributed by atoms with Crippen LogP contribution >= 0.6 is 0 Å². The maximum absolute atomic E-state index is 13.9. The van der Waals surface area contributed by atoms with Crippen molar-refractivity contribution in [2.45, 2.75) is 31.0 Å². The van der Waals surface area contributed by atoms with Gasteiger partial charge in [-0.15, -0.1) is 0 Å². The highest BCUT2D eigenvalue weighted by Crippen LogP contribution is 2.45. The van der Waals surface area contributed by atoms with Gasteiger partial charge in [0.2, 0.25) is 0 Å². The number of nitrogens with zero attached hydrogens (tertiary/aromatic N) is 1. The summed E-state index contributed by atoms with van der Waals surface area (Å²) in [6.45, 7) is -1.05. The van der Waals surface area contributed by atoms with Gasteiger partial charge in [0.15, 0.2) is 6.10 Å². The topological polar surface area (TPSA) is 32.7 Å². The van der Waals surface area contributed by atoms with E-state index in [-0.39, 0.29) is 18.0 Å². The molecule has 0 heterocycles. The lowest BCUT2D eigenvalue weighted by atomic mass is 10.1. The lowest BCUT2D eigenvalue weighted by Crippen LogP contribution is -2.39. The second kappa shape index (κ2) is 10.1. The first-order valence-corrected chi connectivity index (χ1v) is 10.1. The Morgan fingerprint density at radius 3 is 1.94 bits per heavy atom. The third kappa shape index (κ3) is 6.41. The van der Waals surface area contributed by atoms with E-state index in [9.17, 15) is 40.2 Å². The lowest BCUT2D eigenvalue weighted by Gasteiger charge is -2.30. The summed E-state index contributed by atoms with van der Waals surface area (Å²) in [4.78, 5) is 0.795. The van der Waals surface area contributed by atoms with Crippen LogP contribution < -0.4 is 9.64 Å². The molecule has 11 heteroatoms. The number of hydrogen-bond acceptors (Lipinski definition) is 3. The van der Waals surface area contributed by atoms with Crippen LogP contribution in [0.5, 0.6) is 5.75 Å². The zero-order valence-electron chi connectivity index (χ0n) is 17.8. The van der Waals surface area contributed by atoms with Crippen LogP contribution in [0.2, 0.25) is 0 Å². The van der Waals surface area contributed by atoms with Crippen molar-refractivity contribution in [1.82, 2.24) is 0 Å². The summed E-state index contributed by atoms with van der Waals surface area (Å²) in [7, 11) is 0. The van der Waals surface area contributed by atoms with Gasteiger partial charge in [-0.1, -0.05) is 48.5 Å². The SMILES string of the molecule is OC(CN(c1cccc(OCc2ccccc2)c1)c1cccc(C(F)(F)C(F)(F)F)c1)C(F)(F)F. The standard InChI is InChI=1S/C24H19F8NO2/c25-22(26,24(30,31)32)17-8-4-9-18(12-17)33(14-21(34)23(27,28)29)19-10-5-11-20(13-19)35-15-16-6-2-1-3-7-16/h1-13,21,34H,14-15H2. The van der Waals surface area contributed by atoms with Crippen molar-refractivity contribution in [1.29, 1.82) is 0 Å². The molecule has 1 atom stereocenters. The number of anilines is 2.